The first-order chi connectivity index (χ1) is 14.2. The summed E-state index contributed by atoms with van der Waals surface area (Å²) >= 11 is 0. The van der Waals surface area contributed by atoms with E-state index in [9.17, 15) is 4.79 Å². The lowest BCUT2D eigenvalue weighted by molar-refractivity contribution is 0.0657. The number of rotatable bonds is 5. The number of aryl methyl sites for hydroxylation is 1. The van der Waals surface area contributed by atoms with Crippen molar-refractivity contribution < 1.29 is 13.8 Å². The van der Waals surface area contributed by atoms with Gasteiger partial charge in [0.2, 0.25) is 11.7 Å². The Kier molecular flexibility index (Phi) is 4.66. The molecule has 0 bridgehead atoms. The minimum absolute atomic E-state index is 0.0449. The van der Waals surface area contributed by atoms with Crippen LogP contribution in [0.2, 0.25) is 0 Å². The van der Waals surface area contributed by atoms with Crippen molar-refractivity contribution in [2.45, 2.75) is 44.9 Å². The predicted octanol–water partition coefficient (Wildman–Crippen LogP) is 4.01. The fourth-order valence-electron chi connectivity index (χ4n) is 4.05. The van der Waals surface area contributed by atoms with Crippen molar-refractivity contribution in [2.24, 2.45) is 5.92 Å². The molecule has 5 rings (SSSR count). The molecule has 7 nitrogen and oxygen atoms in total. The van der Waals surface area contributed by atoms with Crippen molar-refractivity contribution in [2.75, 3.05) is 13.1 Å². The highest BCUT2D eigenvalue weighted by Gasteiger charge is 2.31. The second kappa shape index (κ2) is 7.46. The molecule has 1 atom stereocenters. The Hall–Kier alpha value is -2.96. The van der Waals surface area contributed by atoms with Crippen molar-refractivity contribution >= 4 is 5.91 Å². The van der Waals surface area contributed by atoms with Crippen LogP contribution in [0.1, 0.15) is 59.3 Å². The molecular weight excluding hydrogens is 368 g/mol. The van der Waals surface area contributed by atoms with E-state index in [0.717, 1.165) is 49.1 Å². The molecule has 3 heterocycles. The van der Waals surface area contributed by atoms with Gasteiger partial charge in [-0.15, -0.1) is 0 Å². The SMILES string of the molecule is Cc1ccccc1-c1noc(CC2CCCN(C(=O)c3cc(C4CC4)on3)C2)n1. The van der Waals surface area contributed by atoms with Gasteiger partial charge < -0.3 is 13.9 Å². The van der Waals surface area contributed by atoms with Crippen molar-refractivity contribution in [1.29, 1.82) is 0 Å². The van der Waals surface area contributed by atoms with Gasteiger partial charge in [-0.1, -0.05) is 34.6 Å². The van der Waals surface area contributed by atoms with Gasteiger partial charge in [-0.3, -0.25) is 4.79 Å². The molecule has 1 saturated heterocycles. The fraction of sp³-hybridized carbons (Fsp3) is 0.455. The van der Waals surface area contributed by atoms with Crippen LogP contribution in [-0.2, 0) is 6.42 Å². The van der Waals surface area contributed by atoms with Gasteiger partial charge in [-0.05, 0) is 44.1 Å². The number of carbonyl (C=O) groups is 1. The van der Waals surface area contributed by atoms with Crippen LogP contribution in [0.25, 0.3) is 11.4 Å². The maximum absolute atomic E-state index is 12.8. The van der Waals surface area contributed by atoms with Crippen LogP contribution < -0.4 is 0 Å². The summed E-state index contributed by atoms with van der Waals surface area (Å²) in [7, 11) is 0. The number of nitrogens with zero attached hydrogens (tertiary/aromatic N) is 4. The summed E-state index contributed by atoms with van der Waals surface area (Å²) < 4.78 is 10.8. The third-order valence-corrected chi connectivity index (χ3v) is 5.85. The van der Waals surface area contributed by atoms with Gasteiger partial charge in [0.1, 0.15) is 5.76 Å². The van der Waals surface area contributed by atoms with E-state index >= 15 is 0 Å². The van der Waals surface area contributed by atoms with E-state index in [2.05, 4.69) is 15.3 Å². The number of hydrogen-bond donors (Lipinski definition) is 0. The van der Waals surface area contributed by atoms with Crippen LogP contribution in [0.4, 0.5) is 0 Å². The molecule has 1 aliphatic carbocycles. The maximum Gasteiger partial charge on any atom is 0.276 e. The van der Waals surface area contributed by atoms with E-state index in [4.69, 9.17) is 9.05 Å². The van der Waals surface area contributed by atoms with E-state index in [-0.39, 0.29) is 5.91 Å². The Balaban J connectivity index is 1.24. The van der Waals surface area contributed by atoms with E-state index in [0.29, 0.717) is 42.2 Å². The van der Waals surface area contributed by atoms with Crippen molar-refractivity contribution in [3.05, 3.63) is 53.2 Å². The molecule has 2 fully saturated rings. The lowest BCUT2D eigenvalue weighted by atomic mass is 9.94. The second-order valence-electron chi connectivity index (χ2n) is 8.18. The summed E-state index contributed by atoms with van der Waals surface area (Å²) in [4.78, 5) is 19.3. The van der Waals surface area contributed by atoms with Crippen LogP contribution in [0.3, 0.4) is 0 Å². The highest BCUT2D eigenvalue weighted by Crippen LogP contribution is 2.40. The number of aromatic nitrogens is 3. The molecule has 2 aromatic heterocycles. The molecular formula is C22H24N4O3. The largest absolute Gasteiger partial charge is 0.360 e. The number of carbonyl (C=O) groups excluding carboxylic acids is 1. The first-order valence-electron chi connectivity index (χ1n) is 10.3. The minimum Gasteiger partial charge on any atom is -0.360 e. The van der Waals surface area contributed by atoms with Crippen LogP contribution in [0.5, 0.6) is 0 Å². The van der Waals surface area contributed by atoms with E-state index in [1.165, 1.54) is 0 Å². The molecule has 1 unspecified atom stereocenters. The molecule has 1 aromatic carbocycles. The Morgan fingerprint density at radius 1 is 1.17 bits per heavy atom. The molecule has 0 radical (unpaired) electrons. The number of amides is 1. The molecule has 3 aromatic rings. The van der Waals surface area contributed by atoms with Crippen LogP contribution in [0, 0.1) is 12.8 Å². The zero-order valence-corrected chi connectivity index (χ0v) is 16.5. The molecule has 1 aliphatic heterocycles. The number of benzene rings is 1. The van der Waals surface area contributed by atoms with Crippen LogP contribution in [0.15, 0.2) is 39.4 Å². The molecule has 1 saturated carbocycles. The van der Waals surface area contributed by atoms with E-state index in [1.54, 1.807) is 0 Å². The van der Waals surface area contributed by atoms with E-state index in [1.807, 2.05) is 42.2 Å². The standard InChI is InChI=1S/C22H24N4O3/c1-14-5-2-3-7-17(14)21-23-20(29-25-21)11-15-6-4-10-26(13-15)22(27)18-12-19(28-24-18)16-8-9-16/h2-3,5,7,12,15-16H,4,6,8-11,13H2,1H3. The second-order valence-corrected chi connectivity index (χ2v) is 8.18. The van der Waals surface area contributed by atoms with Gasteiger partial charge in [0.05, 0.1) is 0 Å². The normalized spacial score (nSPS) is 19.5. The summed E-state index contributed by atoms with van der Waals surface area (Å²) in [5, 5.41) is 8.15. The zero-order chi connectivity index (χ0) is 19.8. The quantitative estimate of drug-likeness (QED) is 0.652. The molecule has 150 valence electrons. The third-order valence-electron chi connectivity index (χ3n) is 5.85. The summed E-state index contributed by atoms with van der Waals surface area (Å²) in [5.41, 5.74) is 2.53. The van der Waals surface area contributed by atoms with Crippen molar-refractivity contribution in [3.8, 4) is 11.4 Å². The minimum atomic E-state index is -0.0449. The fourth-order valence-corrected chi connectivity index (χ4v) is 4.05. The average Bonchev–Trinajstić information content (AvgIpc) is 3.29. The smallest absolute Gasteiger partial charge is 0.276 e. The third kappa shape index (κ3) is 3.81. The molecule has 1 amide bonds. The van der Waals surface area contributed by atoms with Gasteiger partial charge in [-0.2, -0.15) is 4.98 Å². The van der Waals surface area contributed by atoms with Gasteiger partial charge in [-0.25, -0.2) is 0 Å². The Labute approximate surface area is 169 Å². The Bertz CT molecular complexity index is 1020. The molecule has 29 heavy (non-hydrogen) atoms. The van der Waals surface area contributed by atoms with E-state index < -0.39 is 0 Å². The molecule has 7 heteroatoms. The van der Waals surface area contributed by atoms with Gasteiger partial charge in [0, 0.05) is 37.1 Å². The molecule has 0 N–H and O–H groups in total. The van der Waals surface area contributed by atoms with Crippen LogP contribution >= 0.6 is 0 Å². The lowest BCUT2D eigenvalue weighted by Gasteiger charge is -2.31. The summed E-state index contributed by atoms with van der Waals surface area (Å²) in [5.74, 6) is 2.80. The Morgan fingerprint density at radius 3 is 2.86 bits per heavy atom. The number of piperidine rings is 1. The number of hydrogen-bond acceptors (Lipinski definition) is 6. The average molecular weight is 392 g/mol. The predicted molar refractivity (Wildman–Crippen MR) is 105 cm³/mol. The summed E-state index contributed by atoms with van der Waals surface area (Å²) in [6.45, 7) is 3.46. The van der Waals surface area contributed by atoms with Gasteiger partial charge in [0.15, 0.2) is 5.69 Å². The summed E-state index contributed by atoms with van der Waals surface area (Å²) in [6, 6.07) is 9.82. The van der Waals surface area contributed by atoms with Crippen molar-refractivity contribution in [3.63, 3.8) is 0 Å². The topological polar surface area (TPSA) is 85.3 Å². The summed E-state index contributed by atoms with van der Waals surface area (Å²) in [6.07, 6.45) is 4.93. The first-order valence-corrected chi connectivity index (χ1v) is 10.3. The zero-order valence-electron chi connectivity index (χ0n) is 16.5. The van der Waals surface area contributed by atoms with Gasteiger partial charge in [0.25, 0.3) is 5.91 Å². The maximum atomic E-state index is 12.8. The first kappa shape index (κ1) is 18.1. The highest BCUT2D eigenvalue weighted by molar-refractivity contribution is 5.92. The molecule has 2 aliphatic rings. The number of likely N-dealkylation sites (tertiary alicyclic amines) is 1. The van der Waals surface area contributed by atoms with Gasteiger partial charge >= 0.3 is 0 Å². The lowest BCUT2D eigenvalue weighted by Crippen LogP contribution is -2.40. The Morgan fingerprint density at radius 2 is 2.03 bits per heavy atom. The molecule has 0 spiro atoms. The van der Waals surface area contributed by atoms with Crippen LogP contribution in [-0.4, -0.2) is 39.2 Å². The monoisotopic (exact) mass is 392 g/mol. The highest BCUT2D eigenvalue weighted by atomic mass is 16.5. The van der Waals surface area contributed by atoms with Crippen molar-refractivity contribution in [1.82, 2.24) is 20.2 Å².